The Bertz CT molecular complexity index is 873. The lowest BCUT2D eigenvalue weighted by Crippen LogP contribution is -2.28. The normalized spacial score (nSPS) is 10.8. The summed E-state index contributed by atoms with van der Waals surface area (Å²) in [7, 11) is 0. The van der Waals surface area contributed by atoms with Crippen LogP contribution in [0.5, 0.6) is 0 Å². The number of hydrogen-bond acceptors (Lipinski definition) is 2. The second kappa shape index (κ2) is 8.32. The first kappa shape index (κ1) is 19.9. The van der Waals surface area contributed by atoms with Crippen LogP contribution in [0.4, 0.5) is 5.69 Å². The summed E-state index contributed by atoms with van der Waals surface area (Å²) in [5, 5.41) is 2.87. The van der Waals surface area contributed by atoms with Crippen LogP contribution in [0.1, 0.15) is 47.1 Å². The first-order chi connectivity index (χ1) is 11.8. The maximum Gasteiger partial charge on any atom is 0.261 e. The number of unbranched alkanes of at least 4 members (excludes halogenated alkanes) is 1. The lowest BCUT2D eigenvalue weighted by Gasteiger charge is -2.19. The maximum atomic E-state index is 12.8. The van der Waals surface area contributed by atoms with Gasteiger partial charge in [0.15, 0.2) is 0 Å². The summed E-state index contributed by atoms with van der Waals surface area (Å²) >= 11 is 6.77. The number of rotatable bonds is 5. The predicted octanol–water partition coefficient (Wildman–Crippen LogP) is 5.35. The fraction of sp³-hybridized carbons (Fsp3) is 0.368. The third-order valence-electron chi connectivity index (χ3n) is 4.31. The van der Waals surface area contributed by atoms with E-state index in [4.69, 9.17) is 0 Å². The predicted molar refractivity (Wildman–Crippen MR) is 110 cm³/mol. The molecule has 0 aliphatic rings. The van der Waals surface area contributed by atoms with Gasteiger partial charge in [-0.05, 0) is 66.9 Å². The lowest BCUT2D eigenvalue weighted by molar-refractivity contribution is 0.102. The Labute approximate surface area is 164 Å². The highest BCUT2D eigenvalue weighted by Gasteiger charge is 2.21. The van der Waals surface area contributed by atoms with Gasteiger partial charge in [-0.2, -0.15) is 0 Å². The first-order valence-electron chi connectivity index (χ1n) is 8.24. The van der Waals surface area contributed by atoms with Crippen LogP contribution >= 0.6 is 31.9 Å². The highest BCUT2D eigenvalue weighted by atomic mass is 79.9. The molecule has 0 atom stereocenters. The quantitative estimate of drug-likeness (QED) is 0.641. The minimum atomic E-state index is -0.376. The van der Waals surface area contributed by atoms with Crippen LogP contribution in [-0.2, 0) is 6.54 Å². The summed E-state index contributed by atoms with van der Waals surface area (Å²) in [6.45, 7) is 8.54. The third-order valence-corrected chi connectivity index (χ3v) is 5.74. The molecule has 0 saturated carbocycles. The molecule has 2 aromatic rings. The smallest absolute Gasteiger partial charge is 0.261 e. The van der Waals surface area contributed by atoms with Crippen LogP contribution in [0.25, 0.3) is 0 Å². The van der Waals surface area contributed by atoms with Crippen LogP contribution in [0, 0.1) is 20.8 Å². The van der Waals surface area contributed by atoms with Gasteiger partial charge in [-0.15, -0.1) is 0 Å². The van der Waals surface area contributed by atoms with E-state index in [0.29, 0.717) is 15.9 Å². The Morgan fingerprint density at radius 1 is 1.16 bits per heavy atom. The zero-order chi connectivity index (χ0) is 18.7. The standard InChI is InChI=1S/C19H22Br2N2O2/c1-5-6-9-23-12(3)16(18(24)17(21)13(23)4)19(25)22-15-8-7-14(20)10-11(15)2/h7-8,10H,5-6,9H2,1-4H3,(H,22,25). The number of nitrogens with zero attached hydrogens (tertiary/aromatic N) is 1. The number of benzene rings is 1. The highest BCUT2D eigenvalue weighted by molar-refractivity contribution is 9.10. The number of pyridine rings is 1. The van der Waals surface area contributed by atoms with E-state index in [1.54, 1.807) is 0 Å². The van der Waals surface area contributed by atoms with Crippen LogP contribution < -0.4 is 10.7 Å². The summed E-state index contributed by atoms with van der Waals surface area (Å²) in [6, 6.07) is 5.61. The molecule has 4 nitrogen and oxygen atoms in total. The van der Waals surface area contributed by atoms with E-state index in [2.05, 4.69) is 44.1 Å². The van der Waals surface area contributed by atoms with E-state index < -0.39 is 0 Å². The maximum absolute atomic E-state index is 12.8. The third kappa shape index (κ3) is 4.23. The number of amides is 1. The fourth-order valence-corrected chi connectivity index (χ4v) is 3.70. The number of carbonyl (C=O) groups is 1. The van der Waals surface area contributed by atoms with Crippen molar-refractivity contribution in [1.29, 1.82) is 0 Å². The molecule has 0 spiro atoms. The first-order valence-corrected chi connectivity index (χ1v) is 9.83. The Kier molecular flexibility index (Phi) is 6.63. The molecule has 0 bridgehead atoms. The molecule has 134 valence electrons. The highest BCUT2D eigenvalue weighted by Crippen LogP contribution is 2.22. The summed E-state index contributed by atoms with van der Waals surface area (Å²) in [6.07, 6.45) is 2.03. The molecular weight excluding hydrogens is 448 g/mol. The van der Waals surface area contributed by atoms with Crippen LogP contribution in [-0.4, -0.2) is 10.5 Å². The van der Waals surface area contributed by atoms with Gasteiger partial charge in [-0.3, -0.25) is 9.59 Å². The van der Waals surface area contributed by atoms with Gasteiger partial charge >= 0.3 is 0 Å². The minimum Gasteiger partial charge on any atom is -0.347 e. The molecule has 0 aliphatic heterocycles. The Balaban J connectivity index is 2.48. The summed E-state index contributed by atoms with van der Waals surface area (Å²) in [4.78, 5) is 25.5. The van der Waals surface area contributed by atoms with Crippen molar-refractivity contribution in [2.24, 2.45) is 0 Å². The fourth-order valence-electron chi connectivity index (χ4n) is 2.81. The van der Waals surface area contributed by atoms with E-state index in [1.165, 1.54) is 0 Å². The van der Waals surface area contributed by atoms with Crippen molar-refractivity contribution in [3.63, 3.8) is 0 Å². The van der Waals surface area contributed by atoms with E-state index >= 15 is 0 Å². The number of hydrogen-bond donors (Lipinski definition) is 1. The van der Waals surface area contributed by atoms with E-state index in [0.717, 1.165) is 35.1 Å². The molecule has 1 aromatic heterocycles. The van der Waals surface area contributed by atoms with Crippen LogP contribution in [0.3, 0.4) is 0 Å². The number of aromatic nitrogens is 1. The molecule has 2 rings (SSSR count). The van der Waals surface area contributed by atoms with Crippen LogP contribution in [0.2, 0.25) is 0 Å². The van der Waals surface area contributed by atoms with Crippen molar-refractivity contribution in [2.45, 2.75) is 47.1 Å². The van der Waals surface area contributed by atoms with Crippen molar-refractivity contribution < 1.29 is 4.79 Å². The van der Waals surface area contributed by atoms with Gasteiger partial charge in [0, 0.05) is 28.1 Å². The van der Waals surface area contributed by atoms with E-state index in [1.807, 2.05) is 43.5 Å². The largest absolute Gasteiger partial charge is 0.347 e. The van der Waals surface area contributed by atoms with Gasteiger partial charge < -0.3 is 9.88 Å². The summed E-state index contributed by atoms with van der Waals surface area (Å²) < 4.78 is 3.43. The molecule has 6 heteroatoms. The molecular formula is C19H22Br2N2O2. The molecule has 0 unspecified atom stereocenters. The molecule has 25 heavy (non-hydrogen) atoms. The number of halogens is 2. The molecule has 1 heterocycles. The second-order valence-corrected chi connectivity index (χ2v) is 7.82. The minimum absolute atomic E-state index is 0.191. The average molecular weight is 470 g/mol. The Hall–Kier alpha value is -1.40. The van der Waals surface area contributed by atoms with Gasteiger partial charge in [-0.1, -0.05) is 29.3 Å². The van der Waals surface area contributed by atoms with Gasteiger partial charge in [0.2, 0.25) is 5.43 Å². The zero-order valence-electron chi connectivity index (χ0n) is 14.9. The zero-order valence-corrected chi connectivity index (χ0v) is 18.0. The molecule has 0 aliphatic carbocycles. The number of nitrogens with one attached hydrogen (secondary N) is 1. The monoisotopic (exact) mass is 468 g/mol. The molecule has 0 fully saturated rings. The Morgan fingerprint density at radius 3 is 2.44 bits per heavy atom. The molecule has 1 amide bonds. The van der Waals surface area contributed by atoms with Crippen molar-refractivity contribution in [2.75, 3.05) is 5.32 Å². The van der Waals surface area contributed by atoms with E-state index in [-0.39, 0.29) is 16.9 Å². The molecule has 0 radical (unpaired) electrons. The number of carbonyl (C=O) groups excluding carboxylic acids is 1. The van der Waals surface area contributed by atoms with Crippen molar-refractivity contribution in [3.05, 3.63) is 59.9 Å². The average Bonchev–Trinajstić information content (AvgIpc) is 2.55. The number of anilines is 1. The second-order valence-electron chi connectivity index (χ2n) is 6.11. The summed E-state index contributed by atoms with van der Waals surface area (Å²) in [5.74, 6) is -0.376. The Morgan fingerprint density at radius 2 is 1.84 bits per heavy atom. The number of aryl methyl sites for hydroxylation is 1. The molecule has 0 saturated heterocycles. The van der Waals surface area contributed by atoms with Gasteiger partial charge in [0.1, 0.15) is 5.56 Å². The SMILES string of the molecule is CCCCn1c(C)c(Br)c(=O)c(C(=O)Nc2ccc(Br)cc2C)c1C. The van der Waals surface area contributed by atoms with Crippen LogP contribution in [0.15, 0.2) is 31.9 Å². The van der Waals surface area contributed by atoms with E-state index in [9.17, 15) is 9.59 Å². The lowest BCUT2D eigenvalue weighted by atomic mass is 10.1. The topological polar surface area (TPSA) is 51.1 Å². The van der Waals surface area contributed by atoms with Gasteiger partial charge in [-0.25, -0.2) is 0 Å². The molecule has 1 aromatic carbocycles. The van der Waals surface area contributed by atoms with Gasteiger partial charge in [0.25, 0.3) is 5.91 Å². The van der Waals surface area contributed by atoms with Crippen molar-refractivity contribution >= 4 is 43.5 Å². The molecule has 1 N–H and O–H groups in total. The van der Waals surface area contributed by atoms with Gasteiger partial charge in [0.05, 0.1) is 4.47 Å². The summed E-state index contributed by atoms with van der Waals surface area (Å²) in [5.41, 5.74) is 3.10. The van der Waals surface area contributed by atoms with Crippen molar-refractivity contribution in [3.8, 4) is 0 Å². The van der Waals surface area contributed by atoms with Crippen molar-refractivity contribution in [1.82, 2.24) is 4.57 Å².